The highest BCUT2D eigenvalue weighted by Gasteiger charge is 2.24. The summed E-state index contributed by atoms with van der Waals surface area (Å²) in [6.45, 7) is 4.24. The molecular formula is C10H16ClN3. The monoisotopic (exact) mass is 213 g/mol. The fourth-order valence-electron chi connectivity index (χ4n) is 2.07. The minimum Gasteiger partial charge on any atom is -0.314 e. The number of halogens is 1. The maximum Gasteiger partial charge on any atom is 0.150 e. The summed E-state index contributed by atoms with van der Waals surface area (Å²) in [6, 6.07) is 0. The van der Waals surface area contributed by atoms with Crippen molar-refractivity contribution in [1.82, 2.24) is 9.55 Å². The lowest BCUT2D eigenvalue weighted by Crippen LogP contribution is -2.26. The molecule has 1 aliphatic heterocycles. The number of nitrogens with zero attached hydrogens (tertiary/aromatic N) is 2. The second kappa shape index (κ2) is 3.55. The van der Waals surface area contributed by atoms with Crippen molar-refractivity contribution in [3.8, 4) is 0 Å². The Bertz CT molecular complexity index is 343. The number of imidazole rings is 1. The molecule has 4 heteroatoms. The van der Waals surface area contributed by atoms with E-state index in [1.165, 1.54) is 0 Å². The first-order valence-corrected chi connectivity index (χ1v) is 5.51. The van der Waals surface area contributed by atoms with Crippen molar-refractivity contribution >= 4 is 11.6 Å². The smallest absolute Gasteiger partial charge is 0.150 e. The molecule has 1 atom stereocenters. The first-order valence-electron chi connectivity index (χ1n) is 5.13. The Morgan fingerprint density at radius 3 is 2.93 bits per heavy atom. The van der Waals surface area contributed by atoms with Gasteiger partial charge in [-0.2, -0.15) is 0 Å². The van der Waals surface area contributed by atoms with Gasteiger partial charge in [0, 0.05) is 5.92 Å². The van der Waals surface area contributed by atoms with Crippen LogP contribution >= 0.6 is 11.6 Å². The van der Waals surface area contributed by atoms with Crippen LogP contribution in [0.1, 0.15) is 50.3 Å². The summed E-state index contributed by atoms with van der Waals surface area (Å²) in [6.07, 6.45) is 3.21. The second-order valence-corrected chi connectivity index (χ2v) is 4.55. The molecule has 0 saturated heterocycles. The number of hydrogen-bond donors (Lipinski definition) is 1. The van der Waals surface area contributed by atoms with E-state index < -0.39 is 0 Å². The molecule has 78 valence electrons. The Morgan fingerprint density at radius 1 is 1.57 bits per heavy atom. The molecule has 1 aliphatic rings. The summed E-state index contributed by atoms with van der Waals surface area (Å²) in [4.78, 5) is 4.39. The number of rotatable bonds is 1. The molecule has 0 fully saturated rings. The molecule has 1 unspecified atom stereocenters. The quantitative estimate of drug-likeness (QED) is 0.779. The first kappa shape index (κ1) is 9.99. The molecule has 14 heavy (non-hydrogen) atoms. The molecule has 2 N–H and O–H groups in total. The van der Waals surface area contributed by atoms with Crippen molar-refractivity contribution in [1.29, 1.82) is 0 Å². The van der Waals surface area contributed by atoms with Crippen LogP contribution in [0.2, 0.25) is 5.15 Å². The van der Waals surface area contributed by atoms with E-state index in [-0.39, 0.29) is 6.17 Å². The predicted molar refractivity (Wildman–Crippen MR) is 57.5 cm³/mol. The van der Waals surface area contributed by atoms with Gasteiger partial charge in [-0.3, -0.25) is 0 Å². The van der Waals surface area contributed by atoms with Crippen LogP contribution in [0.3, 0.4) is 0 Å². The summed E-state index contributed by atoms with van der Waals surface area (Å²) >= 11 is 6.08. The largest absolute Gasteiger partial charge is 0.314 e. The molecule has 1 aromatic rings. The van der Waals surface area contributed by atoms with E-state index in [0.29, 0.717) is 11.1 Å². The zero-order chi connectivity index (χ0) is 10.3. The van der Waals surface area contributed by atoms with Gasteiger partial charge in [-0.1, -0.05) is 25.4 Å². The topological polar surface area (TPSA) is 43.8 Å². The third-order valence-corrected chi connectivity index (χ3v) is 3.05. The van der Waals surface area contributed by atoms with E-state index in [9.17, 15) is 0 Å². The van der Waals surface area contributed by atoms with Gasteiger partial charge in [-0.05, 0) is 19.3 Å². The van der Waals surface area contributed by atoms with Crippen LogP contribution in [-0.2, 0) is 6.42 Å². The molecule has 0 aliphatic carbocycles. The zero-order valence-electron chi connectivity index (χ0n) is 8.63. The number of nitrogens with two attached hydrogens (primary N) is 1. The maximum atomic E-state index is 6.08. The normalized spacial score (nSPS) is 21.4. The van der Waals surface area contributed by atoms with Crippen LogP contribution in [0.5, 0.6) is 0 Å². The van der Waals surface area contributed by atoms with Crippen LogP contribution in [-0.4, -0.2) is 9.55 Å². The van der Waals surface area contributed by atoms with Crippen molar-refractivity contribution in [2.75, 3.05) is 0 Å². The standard InChI is InChI=1S/C10H16ClN3/c1-6(2)10-13-9(11)7-4-3-5-8(12)14(7)10/h6,8H,3-5,12H2,1-2H3. The summed E-state index contributed by atoms with van der Waals surface area (Å²) in [5, 5.41) is 0.642. The molecule has 0 aromatic carbocycles. The van der Waals surface area contributed by atoms with Gasteiger partial charge in [-0.15, -0.1) is 0 Å². The van der Waals surface area contributed by atoms with Gasteiger partial charge < -0.3 is 10.3 Å². The number of fused-ring (bicyclic) bond motifs is 1. The molecule has 0 radical (unpaired) electrons. The average molecular weight is 214 g/mol. The maximum absolute atomic E-state index is 6.08. The molecule has 0 spiro atoms. The van der Waals surface area contributed by atoms with E-state index in [1.807, 2.05) is 0 Å². The van der Waals surface area contributed by atoms with E-state index in [1.54, 1.807) is 0 Å². The lowest BCUT2D eigenvalue weighted by atomic mass is 10.1. The van der Waals surface area contributed by atoms with Crippen LogP contribution in [0, 0.1) is 0 Å². The van der Waals surface area contributed by atoms with Crippen molar-refractivity contribution < 1.29 is 0 Å². The first-order chi connectivity index (χ1) is 6.61. The van der Waals surface area contributed by atoms with Gasteiger partial charge in [0.05, 0.1) is 11.9 Å². The lowest BCUT2D eigenvalue weighted by Gasteiger charge is -2.24. The fraction of sp³-hybridized carbons (Fsp3) is 0.700. The zero-order valence-corrected chi connectivity index (χ0v) is 9.38. The molecule has 0 amide bonds. The number of aromatic nitrogens is 2. The fourth-order valence-corrected chi connectivity index (χ4v) is 2.34. The van der Waals surface area contributed by atoms with E-state index in [0.717, 1.165) is 30.8 Å². The average Bonchev–Trinajstić information content (AvgIpc) is 2.46. The van der Waals surface area contributed by atoms with E-state index in [2.05, 4.69) is 23.4 Å². The minimum atomic E-state index is 0.0659. The molecule has 1 aromatic heterocycles. The highest BCUT2D eigenvalue weighted by atomic mass is 35.5. The van der Waals surface area contributed by atoms with Crippen LogP contribution in [0.4, 0.5) is 0 Å². The second-order valence-electron chi connectivity index (χ2n) is 4.19. The Hall–Kier alpha value is -0.540. The SMILES string of the molecule is CC(C)c1nc(Cl)c2n1C(N)CCC2. The Morgan fingerprint density at radius 2 is 2.29 bits per heavy atom. The summed E-state index contributed by atoms with van der Waals surface area (Å²) < 4.78 is 2.12. The number of hydrogen-bond acceptors (Lipinski definition) is 2. The van der Waals surface area contributed by atoms with Crippen LogP contribution < -0.4 is 5.73 Å². The Labute approximate surface area is 89.3 Å². The lowest BCUT2D eigenvalue weighted by molar-refractivity contribution is 0.396. The molecule has 3 nitrogen and oxygen atoms in total. The van der Waals surface area contributed by atoms with E-state index in [4.69, 9.17) is 17.3 Å². The van der Waals surface area contributed by atoms with Crippen molar-refractivity contribution in [3.63, 3.8) is 0 Å². The third kappa shape index (κ3) is 1.44. The predicted octanol–water partition coefficient (Wildman–Crippen LogP) is 2.45. The van der Waals surface area contributed by atoms with E-state index >= 15 is 0 Å². The van der Waals surface area contributed by atoms with Gasteiger partial charge in [-0.25, -0.2) is 4.98 Å². The molecular weight excluding hydrogens is 198 g/mol. The van der Waals surface area contributed by atoms with Gasteiger partial charge in [0.1, 0.15) is 5.82 Å². The van der Waals surface area contributed by atoms with Gasteiger partial charge in [0.15, 0.2) is 5.15 Å². The van der Waals surface area contributed by atoms with Crippen LogP contribution in [0.25, 0.3) is 0 Å². The van der Waals surface area contributed by atoms with Crippen molar-refractivity contribution in [3.05, 3.63) is 16.7 Å². The summed E-state index contributed by atoms with van der Waals surface area (Å²) in [5.74, 6) is 1.41. The summed E-state index contributed by atoms with van der Waals surface area (Å²) in [5.41, 5.74) is 7.18. The molecule has 0 saturated carbocycles. The summed E-state index contributed by atoms with van der Waals surface area (Å²) in [7, 11) is 0. The Balaban J connectivity index is 2.53. The minimum absolute atomic E-state index is 0.0659. The highest BCUT2D eigenvalue weighted by molar-refractivity contribution is 6.30. The highest BCUT2D eigenvalue weighted by Crippen LogP contribution is 2.31. The van der Waals surface area contributed by atoms with Gasteiger partial charge in [0.2, 0.25) is 0 Å². The van der Waals surface area contributed by atoms with Crippen molar-refractivity contribution in [2.45, 2.75) is 45.2 Å². The van der Waals surface area contributed by atoms with Gasteiger partial charge in [0.25, 0.3) is 0 Å². The molecule has 2 rings (SSSR count). The molecule has 0 bridgehead atoms. The van der Waals surface area contributed by atoms with Gasteiger partial charge >= 0.3 is 0 Å². The Kier molecular flexibility index (Phi) is 2.54. The van der Waals surface area contributed by atoms with Crippen LogP contribution in [0.15, 0.2) is 0 Å². The third-order valence-electron chi connectivity index (χ3n) is 2.75. The molecule has 2 heterocycles. The van der Waals surface area contributed by atoms with Crippen molar-refractivity contribution in [2.24, 2.45) is 5.73 Å².